The first-order valence-corrected chi connectivity index (χ1v) is 5.78. The molecule has 0 bridgehead atoms. The van der Waals surface area contributed by atoms with Gasteiger partial charge < -0.3 is 15.8 Å². The molecule has 1 amide bonds. The lowest BCUT2D eigenvalue weighted by Gasteiger charge is -2.23. The van der Waals surface area contributed by atoms with Gasteiger partial charge in [0.25, 0.3) is 5.91 Å². The van der Waals surface area contributed by atoms with Crippen molar-refractivity contribution in [3.63, 3.8) is 0 Å². The topological polar surface area (TPSA) is 78.9 Å². The number of oxime groups is 1. The molecule has 0 aromatic heterocycles. The number of halogens is 2. The highest BCUT2D eigenvalue weighted by Gasteiger charge is 2.34. The molecule has 1 aromatic carbocycles. The first-order valence-electron chi connectivity index (χ1n) is 5.78. The van der Waals surface area contributed by atoms with Crippen LogP contribution < -0.4 is 5.73 Å². The van der Waals surface area contributed by atoms with Crippen LogP contribution in [-0.4, -0.2) is 34.4 Å². The summed E-state index contributed by atoms with van der Waals surface area (Å²) in [6.07, 6.45) is 1.13. The van der Waals surface area contributed by atoms with Crippen molar-refractivity contribution < 1.29 is 18.8 Å². The molecule has 102 valence electrons. The van der Waals surface area contributed by atoms with Gasteiger partial charge in [0.2, 0.25) is 0 Å². The number of likely N-dealkylation sites (tertiary alicyclic amines) is 1. The first-order chi connectivity index (χ1) is 9.06. The largest absolute Gasteiger partial charge is 0.409 e. The van der Waals surface area contributed by atoms with E-state index in [1.807, 2.05) is 0 Å². The van der Waals surface area contributed by atoms with E-state index in [4.69, 9.17) is 10.9 Å². The van der Waals surface area contributed by atoms with E-state index < -0.39 is 29.1 Å². The number of hydrogen-bond acceptors (Lipinski definition) is 3. The minimum Gasteiger partial charge on any atom is -0.409 e. The molecule has 1 fully saturated rings. The number of amides is 1. The summed E-state index contributed by atoms with van der Waals surface area (Å²) in [5, 5.41) is 11.5. The summed E-state index contributed by atoms with van der Waals surface area (Å²) in [5.74, 6) is -2.77. The highest BCUT2D eigenvalue weighted by atomic mass is 19.1. The van der Waals surface area contributed by atoms with Gasteiger partial charge in [0, 0.05) is 6.54 Å². The zero-order chi connectivity index (χ0) is 14.0. The Labute approximate surface area is 108 Å². The van der Waals surface area contributed by atoms with Crippen molar-refractivity contribution >= 4 is 11.7 Å². The molecule has 1 atom stereocenters. The lowest BCUT2D eigenvalue weighted by molar-refractivity contribution is 0.0758. The molecule has 1 saturated heterocycles. The maximum Gasteiger partial charge on any atom is 0.260 e. The van der Waals surface area contributed by atoms with Crippen LogP contribution in [-0.2, 0) is 0 Å². The third-order valence-electron chi connectivity index (χ3n) is 3.15. The molecule has 19 heavy (non-hydrogen) atoms. The Morgan fingerprint density at radius 1 is 1.42 bits per heavy atom. The van der Waals surface area contributed by atoms with Gasteiger partial charge in [-0.15, -0.1) is 0 Å². The van der Waals surface area contributed by atoms with Gasteiger partial charge in [0.05, 0.1) is 6.04 Å². The predicted octanol–water partition coefficient (Wildman–Crippen LogP) is 1.32. The van der Waals surface area contributed by atoms with Crippen LogP contribution in [0.4, 0.5) is 8.78 Å². The molecule has 0 spiro atoms. The van der Waals surface area contributed by atoms with E-state index in [2.05, 4.69) is 5.16 Å². The molecule has 2 rings (SSSR count). The second-order valence-corrected chi connectivity index (χ2v) is 4.28. The molecule has 0 radical (unpaired) electrons. The summed E-state index contributed by atoms with van der Waals surface area (Å²) in [4.78, 5) is 13.4. The summed E-state index contributed by atoms with van der Waals surface area (Å²) >= 11 is 0. The van der Waals surface area contributed by atoms with Gasteiger partial charge in [-0.3, -0.25) is 4.79 Å². The van der Waals surface area contributed by atoms with Gasteiger partial charge in [-0.05, 0) is 25.0 Å². The summed E-state index contributed by atoms with van der Waals surface area (Å²) < 4.78 is 27.1. The van der Waals surface area contributed by atoms with E-state index in [0.717, 1.165) is 12.1 Å². The minimum atomic E-state index is -0.921. The number of nitrogens with zero attached hydrogens (tertiary/aromatic N) is 2. The molecule has 3 N–H and O–H groups in total. The number of carbonyl (C=O) groups excluding carboxylic acids is 1. The minimum absolute atomic E-state index is 0.136. The number of hydrogen-bond donors (Lipinski definition) is 2. The van der Waals surface area contributed by atoms with Crippen LogP contribution >= 0.6 is 0 Å². The second kappa shape index (κ2) is 5.21. The van der Waals surface area contributed by atoms with E-state index in [1.165, 1.54) is 11.0 Å². The average Bonchev–Trinajstić information content (AvgIpc) is 2.86. The van der Waals surface area contributed by atoms with Gasteiger partial charge >= 0.3 is 0 Å². The summed E-state index contributed by atoms with van der Waals surface area (Å²) in [6.45, 7) is 0.313. The quantitative estimate of drug-likeness (QED) is 0.368. The fourth-order valence-corrected chi connectivity index (χ4v) is 2.23. The summed E-state index contributed by atoms with van der Waals surface area (Å²) in [6, 6.07) is 2.60. The van der Waals surface area contributed by atoms with Crippen molar-refractivity contribution in [3.8, 4) is 0 Å². The Bertz CT molecular complexity index is 513. The molecule has 0 aliphatic carbocycles. The SMILES string of the molecule is NC(=NO)C1CCCN1C(=O)c1c(F)cccc1F. The van der Waals surface area contributed by atoms with Crippen molar-refractivity contribution in [1.82, 2.24) is 4.90 Å². The summed E-state index contributed by atoms with van der Waals surface area (Å²) in [5.41, 5.74) is 4.87. The molecule has 5 nitrogen and oxygen atoms in total. The van der Waals surface area contributed by atoms with Crippen molar-refractivity contribution in [2.24, 2.45) is 10.9 Å². The van der Waals surface area contributed by atoms with E-state index in [9.17, 15) is 13.6 Å². The van der Waals surface area contributed by atoms with Crippen LogP contribution in [0.2, 0.25) is 0 Å². The van der Waals surface area contributed by atoms with E-state index >= 15 is 0 Å². The average molecular weight is 269 g/mol. The van der Waals surface area contributed by atoms with Gasteiger partial charge in [-0.1, -0.05) is 11.2 Å². The fourth-order valence-electron chi connectivity index (χ4n) is 2.23. The van der Waals surface area contributed by atoms with Gasteiger partial charge in [0.15, 0.2) is 5.84 Å². The molecule has 1 aliphatic rings. The highest BCUT2D eigenvalue weighted by Crippen LogP contribution is 2.22. The third-order valence-corrected chi connectivity index (χ3v) is 3.15. The monoisotopic (exact) mass is 269 g/mol. The van der Waals surface area contributed by atoms with E-state index in [1.54, 1.807) is 0 Å². The number of nitrogens with two attached hydrogens (primary N) is 1. The fraction of sp³-hybridized carbons (Fsp3) is 0.333. The molecule has 0 saturated carbocycles. The van der Waals surface area contributed by atoms with Gasteiger partial charge in [0.1, 0.15) is 17.2 Å². The zero-order valence-electron chi connectivity index (χ0n) is 10.0. The van der Waals surface area contributed by atoms with E-state index in [-0.39, 0.29) is 5.84 Å². The normalized spacial score (nSPS) is 19.8. The summed E-state index contributed by atoms with van der Waals surface area (Å²) in [7, 11) is 0. The Hall–Kier alpha value is -2.18. The predicted molar refractivity (Wildman–Crippen MR) is 63.8 cm³/mol. The maximum absolute atomic E-state index is 13.6. The van der Waals surface area contributed by atoms with Crippen molar-refractivity contribution in [2.75, 3.05) is 6.54 Å². The Morgan fingerprint density at radius 2 is 2.05 bits per heavy atom. The van der Waals surface area contributed by atoms with Crippen LogP contribution in [0.15, 0.2) is 23.4 Å². The molecule has 1 aromatic rings. The van der Waals surface area contributed by atoms with Gasteiger partial charge in [-0.2, -0.15) is 0 Å². The molecule has 1 heterocycles. The smallest absolute Gasteiger partial charge is 0.260 e. The van der Waals surface area contributed by atoms with Crippen LogP contribution in [0.3, 0.4) is 0 Å². The standard InChI is InChI=1S/C12H13F2N3O2/c13-7-3-1-4-8(14)10(7)12(18)17-6-2-5-9(17)11(15)16-19/h1,3-4,9,19H,2,5-6H2,(H2,15,16). The Balaban J connectivity index is 2.34. The lowest BCUT2D eigenvalue weighted by atomic mass is 10.1. The zero-order valence-corrected chi connectivity index (χ0v) is 10.0. The number of carbonyl (C=O) groups is 1. The van der Waals surface area contributed by atoms with E-state index in [0.29, 0.717) is 19.4 Å². The van der Waals surface area contributed by atoms with Crippen molar-refractivity contribution in [3.05, 3.63) is 35.4 Å². The molecule has 7 heteroatoms. The van der Waals surface area contributed by atoms with Gasteiger partial charge in [-0.25, -0.2) is 8.78 Å². The van der Waals surface area contributed by atoms with Crippen LogP contribution in [0.5, 0.6) is 0 Å². The van der Waals surface area contributed by atoms with Crippen molar-refractivity contribution in [1.29, 1.82) is 0 Å². The highest BCUT2D eigenvalue weighted by molar-refractivity contribution is 5.99. The molecule has 1 unspecified atom stereocenters. The third kappa shape index (κ3) is 2.35. The Morgan fingerprint density at radius 3 is 2.63 bits per heavy atom. The van der Waals surface area contributed by atoms with Crippen LogP contribution in [0.25, 0.3) is 0 Å². The second-order valence-electron chi connectivity index (χ2n) is 4.28. The van der Waals surface area contributed by atoms with Crippen molar-refractivity contribution in [2.45, 2.75) is 18.9 Å². The molecular formula is C12H13F2N3O2. The molecule has 1 aliphatic heterocycles. The van der Waals surface area contributed by atoms with Crippen LogP contribution in [0, 0.1) is 11.6 Å². The first kappa shape index (κ1) is 13.3. The number of rotatable bonds is 2. The Kier molecular flexibility index (Phi) is 3.64. The number of amidine groups is 1. The maximum atomic E-state index is 13.6. The lowest BCUT2D eigenvalue weighted by Crippen LogP contribution is -2.44. The number of benzene rings is 1. The molecular weight excluding hydrogens is 256 g/mol. The van der Waals surface area contributed by atoms with Crippen LogP contribution in [0.1, 0.15) is 23.2 Å².